The second-order valence-corrected chi connectivity index (χ2v) is 6.80. The van der Waals surface area contributed by atoms with E-state index in [1.165, 1.54) is 12.1 Å². The van der Waals surface area contributed by atoms with E-state index in [0.717, 1.165) is 22.0 Å². The summed E-state index contributed by atoms with van der Waals surface area (Å²) in [6.45, 7) is 0.729. The molecule has 4 rings (SSSR count). The smallest absolute Gasteiger partial charge is 0.258 e. The predicted molar refractivity (Wildman–Crippen MR) is 108 cm³/mol. The van der Waals surface area contributed by atoms with Crippen LogP contribution < -0.4 is 4.74 Å². The fourth-order valence-corrected chi connectivity index (χ4v) is 3.46. The van der Waals surface area contributed by atoms with Crippen molar-refractivity contribution in [3.05, 3.63) is 101 Å². The lowest BCUT2D eigenvalue weighted by molar-refractivity contribution is 0.107. The van der Waals surface area contributed by atoms with Gasteiger partial charge in [-0.25, -0.2) is 4.39 Å². The van der Waals surface area contributed by atoms with E-state index in [4.69, 9.17) is 16.3 Å². The fraction of sp³-hybridized carbons (Fsp3) is 0.0870. The molecule has 3 aromatic carbocycles. The topological polar surface area (TPSA) is 31.2 Å². The van der Waals surface area contributed by atoms with Crippen LogP contribution in [0.15, 0.2) is 78.9 Å². The maximum Gasteiger partial charge on any atom is 0.258 e. The number of halogens is 2. The number of fused-ring (bicyclic) bond motifs is 1. The van der Waals surface area contributed by atoms with Gasteiger partial charge in [0, 0.05) is 5.39 Å². The minimum atomic E-state index is -0.572. The van der Waals surface area contributed by atoms with Crippen molar-refractivity contribution in [1.29, 1.82) is 0 Å². The average molecular weight is 394 g/mol. The predicted octanol–water partition coefficient (Wildman–Crippen LogP) is 5.79. The van der Waals surface area contributed by atoms with Crippen molar-refractivity contribution < 1.29 is 13.9 Å². The lowest BCUT2D eigenvalue weighted by atomic mass is 10.2. The van der Waals surface area contributed by atoms with Crippen molar-refractivity contribution in [2.24, 2.45) is 0 Å². The molecule has 0 saturated carbocycles. The number of ether oxygens (including phenoxy) is 1. The first-order valence-electron chi connectivity index (χ1n) is 8.85. The maximum atomic E-state index is 13.3. The van der Waals surface area contributed by atoms with Crippen molar-refractivity contribution in [3.8, 4) is 5.88 Å². The number of hydrogen-bond acceptors (Lipinski definition) is 2. The Labute approximate surface area is 166 Å². The van der Waals surface area contributed by atoms with Gasteiger partial charge >= 0.3 is 0 Å². The van der Waals surface area contributed by atoms with E-state index in [0.29, 0.717) is 24.6 Å². The molecule has 0 aliphatic heterocycles. The van der Waals surface area contributed by atoms with Crippen LogP contribution >= 0.6 is 11.6 Å². The second kappa shape index (κ2) is 7.87. The van der Waals surface area contributed by atoms with Gasteiger partial charge in [0.1, 0.15) is 18.0 Å². The van der Waals surface area contributed by atoms with Crippen LogP contribution in [0.1, 0.15) is 21.5 Å². The highest BCUT2D eigenvalue weighted by Crippen LogP contribution is 2.34. The Balaban J connectivity index is 1.81. The van der Waals surface area contributed by atoms with Crippen LogP contribution in [-0.2, 0) is 13.2 Å². The summed E-state index contributed by atoms with van der Waals surface area (Å²) < 4.78 is 21.3. The van der Waals surface area contributed by atoms with Crippen molar-refractivity contribution in [2.75, 3.05) is 0 Å². The van der Waals surface area contributed by atoms with Gasteiger partial charge in [-0.2, -0.15) is 0 Å². The van der Waals surface area contributed by atoms with Gasteiger partial charge in [0.2, 0.25) is 5.88 Å². The van der Waals surface area contributed by atoms with Crippen LogP contribution in [0.4, 0.5) is 4.39 Å². The van der Waals surface area contributed by atoms with E-state index in [9.17, 15) is 9.18 Å². The summed E-state index contributed by atoms with van der Waals surface area (Å²) in [7, 11) is 0. The molecule has 0 fully saturated rings. The Morgan fingerprint density at radius 2 is 1.57 bits per heavy atom. The summed E-state index contributed by atoms with van der Waals surface area (Å²) in [5.74, 6) is 0.118. The molecule has 1 aromatic heterocycles. The van der Waals surface area contributed by atoms with E-state index in [1.54, 1.807) is 12.1 Å². The van der Waals surface area contributed by atoms with Gasteiger partial charge in [0.05, 0.1) is 12.1 Å². The molecular weight excluding hydrogens is 377 g/mol. The monoisotopic (exact) mass is 393 g/mol. The molecule has 4 aromatic rings. The Kier molecular flexibility index (Phi) is 5.13. The molecule has 140 valence electrons. The van der Waals surface area contributed by atoms with Crippen LogP contribution in [0, 0.1) is 5.82 Å². The Morgan fingerprint density at radius 1 is 0.893 bits per heavy atom. The molecule has 1 heterocycles. The Morgan fingerprint density at radius 3 is 2.29 bits per heavy atom. The summed E-state index contributed by atoms with van der Waals surface area (Å²) in [6.07, 6.45) is 0. The third-order valence-corrected chi connectivity index (χ3v) is 4.78. The van der Waals surface area contributed by atoms with Crippen molar-refractivity contribution in [1.82, 2.24) is 4.57 Å². The van der Waals surface area contributed by atoms with Crippen LogP contribution in [0.2, 0.25) is 0 Å². The first-order valence-corrected chi connectivity index (χ1v) is 9.23. The number of carbonyl (C=O) groups excluding carboxylic acids is 1. The minimum Gasteiger partial charge on any atom is -0.473 e. The molecule has 0 bridgehead atoms. The number of benzene rings is 3. The largest absolute Gasteiger partial charge is 0.473 e. The highest BCUT2D eigenvalue weighted by Gasteiger charge is 2.23. The number of rotatable bonds is 6. The third kappa shape index (κ3) is 3.64. The molecule has 0 spiro atoms. The normalized spacial score (nSPS) is 10.9. The van der Waals surface area contributed by atoms with E-state index in [-0.39, 0.29) is 5.82 Å². The molecule has 0 amide bonds. The fourth-order valence-electron chi connectivity index (χ4n) is 3.28. The minimum absolute atomic E-state index is 0.293. The van der Waals surface area contributed by atoms with Gasteiger partial charge in [-0.15, -0.1) is 0 Å². The molecule has 28 heavy (non-hydrogen) atoms. The first kappa shape index (κ1) is 18.3. The average Bonchev–Trinajstić information content (AvgIpc) is 3.02. The van der Waals surface area contributed by atoms with Crippen LogP contribution in [0.3, 0.4) is 0 Å². The summed E-state index contributed by atoms with van der Waals surface area (Å²) >= 11 is 5.92. The summed E-state index contributed by atoms with van der Waals surface area (Å²) in [6, 6.07) is 23.5. The Hall–Kier alpha value is -3.11. The standard InChI is InChI=1S/C23H17ClFNO2/c24-22(27)21-19-8-4-5-9-20(19)26(14-16-10-12-18(25)13-11-16)23(21)28-15-17-6-2-1-3-7-17/h1-13H,14-15H2. The zero-order chi connectivity index (χ0) is 19.5. The molecule has 0 atom stereocenters. The highest BCUT2D eigenvalue weighted by atomic mass is 35.5. The molecule has 0 N–H and O–H groups in total. The number of carbonyl (C=O) groups is 1. The van der Waals surface area contributed by atoms with Crippen LogP contribution in [0.5, 0.6) is 5.88 Å². The van der Waals surface area contributed by atoms with Gasteiger partial charge in [0.25, 0.3) is 5.24 Å². The van der Waals surface area contributed by atoms with Crippen molar-refractivity contribution >= 4 is 27.7 Å². The molecule has 0 unspecified atom stereocenters. The maximum absolute atomic E-state index is 13.3. The van der Waals surface area contributed by atoms with E-state index in [1.807, 2.05) is 59.2 Å². The zero-order valence-electron chi connectivity index (χ0n) is 14.9. The molecule has 5 heteroatoms. The summed E-state index contributed by atoms with van der Waals surface area (Å²) in [5.41, 5.74) is 3.04. The van der Waals surface area contributed by atoms with E-state index in [2.05, 4.69) is 0 Å². The molecule has 0 aliphatic rings. The number of nitrogens with zero attached hydrogens (tertiary/aromatic N) is 1. The number of hydrogen-bond donors (Lipinski definition) is 0. The Bertz CT molecular complexity index is 1120. The van der Waals surface area contributed by atoms with Crippen molar-refractivity contribution in [3.63, 3.8) is 0 Å². The summed E-state index contributed by atoms with van der Waals surface area (Å²) in [4.78, 5) is 12.2. The zero-order valence-corrected chi connectivity index (χ0v) is 15.7. The lowest BCUT2D eigenvalue weighted by Gasteiger charge is -2.13. The van der Waals surface area contributed by atoms with Gasteiger partial charge < -0.3 is 9.30 Å². The van der Waals surface area contributed by atoms with Crippen LogP contribution in [0.25, 0.3) is 10.9 Å². The summed E-state index contributed by atoms with van der Waals surface area (Å²) in [5, 5.41) is 0.157. The number of aromatic nitrogens is 1. The quantitative estimate of drug-likeness (QED) is 0.388. The van der Waals surface area contributed by atoms with E-state index < -0.39 is 5.24 Å². The first-order chi connectivity index (χ1) is 13.6. The van der Waals surface area contributed by atoms with Gasteiger partial charge in [-0.3, -0.25) is 4.79 Å². The lowest BCUT2D eigenvalue weighted by Crippen LogP contribution is -2.07. The molecular formula is C23H17ClFNO2. The van der Waals surface area contributed by atoms with Crippen molar-refractivity contribution in [2.45, 2.75) is 13.2 Å². The SMILES string of the molecule is O=C(Cl)c1c(OCc2ccccc2)n(Cc2ccc(F)cc2)c2ccccc12. The number of para-hydroxylation sites is 1. The van der Waals surface area contributed by atoms with E-state index >= 15 is 0 Å². The van der Waals surface area contributed by atoms with Gasteiger partial charge in [-0.1, -0.05) is 60.7 Å². The highest BCUT2D eigenvalue weighted by molar-refractivity contribution is 6.69. The molecule has 0 radical (unpaired) electrons. The van der Waals surface area contributed by atoms with Crippen LogP contribution in [-0.4, -0.2) is 9.81 Å². The molecule has 0 saturated heterocycles. The third-order valence-electron chi connectivity index (χ3n) is 4.59. The second-order valence-electron chi connectivity index (χ2n) is 6.46. The molecule has 0 aliphatic carbocycles. The molecule has 3 nitrogen and oxygen atoms in total. The van der Waals surface area contributed by atoms with Gasteiger partial charge in [-0.05, 0) is 40.9 Å². The van der Waals surface area contributed by atoms with Gasteiger partial charge in [0.15, 0.2) is 0 Å².